The SMILES string of the molecule is NCc1cc(Oc2ccc(F)c(F)c2)nc2ccccc12. The number of hydrogen-bond donors (Lipinski definition) is 1. The number of halogens is 2. The fraction of sp³-hybridized carbons (Fsp3) is 0.0625. The van der Waals surface area contributed by atoms with Crippen LogP contribution in [0.15, 0.2) is 48.5 Å². The van der Waals surface area contributed by atoms with Crippen LogP contribution in [0, 0.1) is 11.6 Å². The Balaban J connectivity index is 2.02. The van der Waals surface area contributed by atoms with E-state index in [1.54, 1.807) is 6.07 Å². The predicted octanol–water partition coefficient (Wildman–Crippen LogP) is 3.76. The zero-order valence-electron chi connectivity index (χ0n) is 11.0. The van der Waals surface area contributed by atoms with Crippen molar-refractivity contribution >= 4 is 10.9 Å². The first-order valence-electron chi connectivity index (χ1n) is 6.39. The summed E-state index contributed by atoms with van der Waals surface area (Å²) in [5.41, 5.74) is 7.34. The highest BCUT2D eigenvalue weighted by Crippen LogP contribution is 2.26. The standard InChI is InChI=1S/C16H12F2N2O/c17-13-6-5-11(8-14(13)18)21-16-7-10(9-19)12-3-1-2-4-15(12)20-16/h1-8H,9,19H2. The number of rotatable bonds is 3. The van der Waals surface area contributed by atoms with Crippen LogP contribution in [0.25, 0.3) is 10.9 Å². The quantitative estimate of drug-likeness (QED) is 0.797. The lowest BCUT2D eigenvalue weighted by Gasteiger charge is -2.09. The van der Waals surface area contributed by atoms with E-state index in [0.29, 0.717) is 12.4 Å². The molecule has 3 nitrogen and oxygen atoms in total. The first-order chi connectivity index (χ1) is 10.2. The van der Waals surface area contributed by atoms with Gasteiger partial charge in [0.1, 0.15) is 5.75 Å². The zero-order chi connectivity index (χ0) is 14.8. The third-order valence-electron chi connectivity index (χ3n) is 3.11. The summed E-state index contributed by atoms with van der Waals surface area (Å²) in [6, 6.07) is 12.6. The number of nitrogens with two attached hydrogens (primary N) is 1. The Kier molecular flexibility index (Phi) is 3.50. The minimum absolute atomic E-state index is 0.180. The molecule has 3 rings (SSSR count). The van der Waals surface area contributed by atoms with E-state index in [0.717, 1.165) is 28.6 Å². The minimum Gasteiger partial charge on any atom is -0.439 e. The molecule has 5 heteroatoms. The fourth-order valence-corrected chi connectivity index (χ4v) is 2.10. The molecule has 0 aliphatic carbocycles. The Labute approximate surface area is 120 Å². The van der Waals surface area contributed by atoms with Gasteiger partial charge in [-0.3, -0.25) is 0 Å². The predicted molar refractivity (Wildman–Crippen MR) is 76.1 cm³/mol. The summed E-state index contributed by atoms with van der Waals surface area (Å²) >= 11 is 0. The molecule has 0 radical (unpaired) electrons. The molecule has 1 aromatic heterocycles. The van der Waals surface area contributed by atoms with E-state index in [1.807, 2.05) is 24.3 Å². The van der Waals surface area contributed by atoms with Gasteiger partial charge in [0, 0.05) is 24.1 Å². The van der Waals surface area contributed by atoms with Crippen molar-refractivity contribution in [3.05, 3.63) is 65.7 Å². The third kappa shape index (κ3) is 2.68. The Bertz CT molecular complexity index is 805. The van der Waals surface area contributed by atoms with Gasteiger partial charge in [0.2, 0.25) is 5.88 Å². The number of pyridine rings is 1. The molecule has 0 saturated heterocycles. The summed E-state index contributed by atoms with van der Waals surface area (Å²) < 4.78 is 31.6. The van der Waals surface area contributed by atoms with E-state index >= 15 is 0 Å². The van der Waals surface area contributed by atoms with E-state index in [-0.39, 0.29) is 5.75 Å². The Morgan fingerprint density at radius 3 is 2.57 bits per heavy atom. The number of aromatic nitrogens is 1. The average molecular weight is 286 g/mol. The molecule has 21 heavy (non-hydrogen) atoms. The zero-order valence-corrected chi connectivity index (χ0v) is 11.0. The van der Waals surface area contributed by atoms with Gasteiger partial charge < -0.3 is 10.5 Å². The van der Waals surface area contributed by atoms with Gasteiger partial charge in [-0.15, -0.1) is 0 Å². The van der Waals surface area contributed by atoms with Gasteiger partial charge in [0.05, 0.1) is 5.52 Å². The summed E-state index contributed by atoms with van der Waals surface area (Å²) in [7, 11) is 0. The molecule has 0 amide bonds. The summed E-state index contributed by atoms with van der Waals surface area (Å²) in [6.45, 7) is 0.331. The molecule has 0 aliphatic rings. The maximum atomic E-state index is 13.2. The third-order valence-corrected chi connectivity index (χ3v) is 3.11. The van der Waals surface area contributed by atoms with Gasteiger partial charge in [0.15, 0.2) is 11.6 Å². The van der Waals surface area contributed by atoms with Crippen LogP contribution in [0.1, 0.15) is 5.56 Å². The first-order valence-corrected chi connectivity index (χ1v) is 6.39. The summed E-state index contributed by atoms with van der Waals surface area (Å²) in [5.74, 6) is -1.41. The van der Waals surface area contributed by atoms with Crippen molar-refractivity contribution in [3.8, 4) is 11.6 Å². The largest absolute Gasteiger partial charge is 0.439 e. The molecule has 2 N–H and O–H groups in total. The van der Waals surface area contributed by atoms with Crippen LogP contribution < -0.4 is 10.5 Å². The number of hydrogen-bond acceptors (Lipinski definition) is 3. The van der Waals surface area contributed by atoms with Crippen LogP contribution in [0.4, 0.5) is 8.78 Å². The molecule has 0 bridgehead atoms. The molecule has 3 aromatic rings. The second-order valence-corrected chi connectivity index (χ2v) is 4.52. The Morgan fingerprint density at radius 2 is 1.81 bits per heavy atom. The summed E-state index contributed by atoms with van der Waals surface area (Å²) in [4.78, 5) is 4.34. The van der Waals surface area contributed by atoms with Crippen LogP contribution in [0.2, 0.25) is 0 Å². The van der Waals surface area contributed by atoms with Gasteiger partial charge in [-0.05, 0) is 23.8 Å². The lowest BCUT2D eigenvalue weighted by Crippen LogP contribution is -2.00. The van der Waals surface area contributed by atoms with Gasteiger partial charge in [-0.2, -0.15) is 0 Å². The Hall–Kier alpha value is -2.53. The number of benzene rings is 2. The highest BCUT2D eigenvalue weighted by Gasteiger charge is 2.08. The average Bonchev–Trinajstić information content (AvgIpc) is 2.50. The number of fused-ring (bicyclic) bond motifs is 1. The molecule has 0 aliphatic heterocycles. The normalized spacial score (nSPS) is 10.8. The van der Waals surface area contributed by atoms with Crippen molar-refractivity contribution in [2.75, 3.05) is 0 Å². The minimum atomic E-state index is -0.965. The molecule has 0 unspecified atom stereocenters. The second kappa shape index (κ2) is 5.46. The second-order valence-electron chi connectivity index (χ2n) is 4.52. The van der Waals surface area contributed by atoms with E-state index in [4.69, 9.17) is 10.5 Å². The van der Waals surface area contributed by atoms with Crippen LogP contribution >= 0.6 is 0 Å². The van der Waals surface area contributed by atoms with Gasteiger partial charge in [0.25, 0.3) is 0 Å². The molecule has 106 valence electrons. The molecule has 1 heterocycles. The van der Waals surface area contributed by atoms with Crippen molar-refractivity contribution < 1.29 is 13.5 Å². The van der Waals surface area contributed by atoms with Crippen molar-refractivity contribution in [1.82, 2.24) is 4.98 Å². The van der Waals surface area contributed by atoms with Crippen molar-refractivity contribution in [1.29, 1.82) is 0 Å². The van der Waals surface area contributed by atoms with Crippen LogP contribution in [-0.2, 0) is 6.54 Å². The molecular formula is C16H12F2N2O. The van der Waals surface area contributed by atoms with Gasteiger partial charge in [-0.1, -0.05) is 18.2 Å². The van der Waals surface area contributed by atoms with Crippen LogP contribution in [-0.4, -0.2) is 4.98 Å². The smallest absolute Gasteiger partial charge is 0.220 e. The maximum absolute atomic E-state index is 13.2. The highest BCUT2D eigenvalue weighted by molar-refractivity contribution is 5.82. The van der Waals surface area contributed by atoms with Crippen molar-refractivity contribution in [3.63, 3.8) is 0 Å². The van der Waals surface area contributed by atoms with Crippen LogP contribution in [0.3, 0.4) is 0 Å². The van der Waals surface area contributed by atoms with E-state index < -0.39 is 11.6 Å². The lowest BCUT2D eigenvalue weighted by molar-refractivity contribution is 0.449. The summed E-state index contributed by atoms with van der Waals surface area (Å²) in [6.07, 6.45) is 0. The molecule has 2 aromatic carbocycles. The van der Waals surface area contributed by atoms with E-state index in [9.17, 15) is 8.78 Å². The fourth-order valence-electron chi connectivity index (χ4n) is 2.10. The van der Waals surface area contributed by atoms with Crippen LogP contribution in [0.5, 0.6) is 11.6 Å². The molecule has 0 saturated carbocycles. The lowest BCUT2D eigenvalue weighted by atomic mass is 10.1. The molecule has 0 spiro atoms. The van der Waals surface area contributed by atoms with E-state index in [1.165, 1.54) is 6.07 Å². The first kappa shape index (κ1) is 13.5. The highest BCUT2D eigenvalue weighted by atomic mass is 19.2. The number of nitrogens with zero attached hydrogens (tertiary/aromatic N) is 1. The van der Waals surface area contributed by atoms with Crippen molar-refractivity contribution in [2.45, 2.75) is 6.54 Å². The van der Waals surface area contributed by atoms with Gasteiger partial charge >= 0.3 is 0 Å². The van der Waals surface area contributed by atoms with Crippen molar-refractivity contribution in [2.24, 2.45) is 5.73 Å². The molecular weight excluding hydrogens is 274 g/mol. The molecule has 0 fully saturated rings. The van der Waals surface area contributed by atoms with E-state index in [2.05, 4.69) is 4.98 Å². The topological polar surface area (TPSA) is 48.1 Å². The van der Waals surface area contributed by atoms with Gasteiger partial charge in [-0.25, -0.2) is 13.8 Å². The number of ether oxygens (including phenoxy) is 1. The molecule has 0 atom stereocenters. The summed E-state index contributed by atoms with van der Waals surface area (Å²) in [5, 5.41) is 0.942. The number of para-hydroxylation sites is 1. The monoisotopic (exact) mass is 286 g/mol. The Morgan fingerprint density at radius 1 is 1.00 bits per heavy atom. The maximum Gasteiger partial charge on any atom is 0.220 e.